The predicted molar refractivity (Wildman–Crippen MR) is 102 cm³/mol. The molecule has 2 unspecified atom stereocenters. The second-order valence-corrected chi connectivity index (χ2v) is 8.71. The number of rotatable bonds is 9. The second-order valence-electron chi connectivity index (χ2n) is 6.67. The van der Waals surface area contributed by atoms with Crippen LogP contribution in [0.1, 0.15) is 31.7 Å². The molecule has 1 aliphatic rings. The zero-order chi connectivity index (χ0) is 19.9. The maximum absolute atomic E-state index is 12.6. The third-order valence-electron chi connectivity index (χ3n) is 4.58. The highest BCUT2D eigenvalue weighted by molar-refractivity contribution is 7.90. The quantitative estimate of drug-likeness (QED) is 0.579. The van der Waals surface area contributed by atoms with Gasteiger partial charge in [0.15, 0.2) is 0 Å². The molecule has 0 bridgehead atoms. The molecule has 27 heavy (non-hydrogen) atoms. The van der Waals surface area contributed by atoms with E-state index < -0.39 is 21.2 Å². The average Bonchev–Trinajstić information content (AvgIpc) is 3.12. The Labute approximate surface area is 160 Å². The molecule has 1 fully saturated rings. The van der Waals surface area contributed by atoms with Crippen molar-refractivity contribution < 1.29 is 23.1 Å². The molecule has 9 heteroatoms. The first kappa shape index (κ1) is 21.2. The Morgan fingerprint density at radius 3 is 2.63 bits per heavy atom. The lowest BCUT2D eigenvalue weighted by atomic mass is 10.0. The van der Waals surface area contributed by atoms with Crippen LogP contribution in [-0.4, -0.2) is 61.4 Å². The standard InChI is InChI=1S/C18H27N3O5S/c1-2-19-27(25,26)16-10-11-21(13-16)18(24)20-15(8-9-17(22)23)12-14-6-4-3-5-7-14/h3-7,15-16,19H,2,8-13H2,1H3,(H,20,24)(H,22,23). The smallest absolute Gasteiger partial charge is 0.317 e. The van der Waals surface area contributed by atoms with Crippen molar-refractivity contribution in [3.63, 3.8) is 0 Å². The van der Waals surface area contributed by atoms with Crippen molar-refractivity contribution in [1.82, 2.24) is 14.9 Å². The molecule has 0 radical (unpaired) electrons. The van der Waals surface area contributed by atoms with E-state index in [1.165, 1.54) is 4.90 Å². The maximum Gasteiger partial charge on any atom is 0.317 e. The number of sulfonamides is 1. The van der Waals surface area contributed by atoms with Crippen LogP contribution >= 0.6 is 0 Å². The molecule has 1 heterocycles. The van der Waals surface area contributed by atoms with Gasteiger partial charge in [-0.05, 0) is 24.8 Å². The Morgan fingerprint density at radius 2 is 2.00 bits per heavy atom. The van der Waals surface area contributed by atoms with Crippen LogP contribution in [0.5, 0.6) is 0 Å². The van der Waals surface area contributed by atoms with Crippen molar-refractivity contribution in [2.75, 3.05) is 19.6 Å². The molecule has 2 atom stereocenters. The summed E-state index contributed by atoms with van der Waals surface area (Å²) in [6.45, 7) is 2.53. The summed E-state index contributed by atoms with van der Waals surface area (Å²) in [7, 11) is -3.42. The molecule has 8 nitrogen and oxygen atoms in total. The van der Waals surface area contributed by atoms with Crippen molar-refractivity contribution in [3.8, 4) is 0 Å². The molecule has 1 saturated heterocycles. The number of carboxylic acid groups (broad SMARTS) is 1. The number of likely N-dealkylation sites (tertiary alicyclic amines) is 1. The molecule has 2 rings (SSSR count). The molecule has 3 N–H and O–H groups in total. The van der Waals surface area contributed by atoms with Crippen molar-refractivity contribution in [2.24, 2.45) is 0 Å². The fourth-order valence-corrected chi connectivity index (χ4v) is 4.60. The van der Waals surface area contributed by atoms with Crippen LogP contribution < -0.4 is 10.0 Å². The molecule has 2 amide bonds. The molecule has 150 valence electrons. The van der Waals surface area contributed by atoms with Crippen molar-refractivity contribution in [1.29, 1.82) is 0 Å². The number of carbonyl (C=O) groups excluding carboxylic acids is 1. The highest BCUT2D eigenvalue weighted by Gasteiger charge is 2.35. The normalized spacial score (nSPS) is 18.3. The summed E-state index contributed by atoms with van der Waals surface area (Å²) in [4.78, 5) is 25.0. The van der Waals surface area contributed by atoms with Gasteiger partial charge in [-0.3, -0.25) is 4.79 Å². The minimum Gasteiger partial charge on any atom is -0.481 e. The molecule has 0 spiro atoms. The van der Waals surface area contributed by atoms with E-state index in [1.54, 1.807) is 6.92 Å². The third-order valence-corrected chi connectivity index (χ3v) is 6.53. The van der Waals surface area contributed by atoms with Gasteiger partial charge >= 0.3 is 12.0 Å². The number of carbonyl (C=O) groups is 2. The van der Waals surface area contributed by atoms with Gasteiger partial charge in [-0.25, -0.2) is 17.9 Å². The summed E-state index contributed by atoms with van der Waals surface area (Å²) in [5.41, 5.74) is 1.00. The first-order valence-electron chi connectivity index (χ1n) is 9.11. The Morgan fingerprint density at radius 1 is 1.30 bits per heavy atom. The van der Waals surface area contributed by atoms with Gasteiger partial charge in [-0.2, -0.15) is 0 Å². The number of urea groups is 1. The Bertz CT molecular complexity index is 739. The first-order chi connectivity index (χ1) is 12.8. The molecule has 1 aromatic rings. The largest absolute Gasteiger partial charge is 0.481 e. The van der Waals surface area contributed by atoms with Crippen LogP contribution in [0.4, 0.5) is 4.79 Å². The van der Waals surface area contributed by atoms with Gasteiger partial charge in [0.25, 0.3) is 0 Å². The molecular formula is C18H27N3O5S. The van der Waals surface area contributed by atoms with E-state index >= 15 is 0 Å². The number of hydrogen-bond donors (Lipinski definition) is 3. The van der Waals surface area contributed by atoms with Crippen molar-refractivity contribution in [2.45, 2.75) is 43.9 Å². The van der Waals surface area contributed by atoms with E-state index in [0.29, 0.717) is 32.4 Å². The lowest BCUT2D eigenvalue weighted by molar-refractivity contribution is -0.137. The van der Waals surface area contributed by atoms with Crippen LogP contribution in [0.15, 0.2) is 30.3 Å². The van der Waals surface area contributed by atoms with Gasteiger partial charge in [0.1, 0.15) is 0 Å². The lowest BCUT2D eigenvalue weighted by Crippen LogP contribution is -2.46. The van der Waals surface area contributed by atoms with E-state index in [-0.39, 0.29) is 25.0 Å². The number of benzene rings is 1. The Balaban J connectivity index is 1.97. The van der Waals surface area contributed by atoms with E-state index in [4.69, 9.17) is 5.11 Å². The summed E-state index contributed by atoms with van der Waals surface area (Å²) < 4.78 is 26.7. The third kappa shape index (κ3) is 6.51. The maximum atomic E-state index is 12.6. The number of amides is 2. The molecule has 1 aliphatic heterocycles. The predicted octanol–water partition coefficient (Wildman–Crippen LogP) is 1.19. The monoisotopic (exact) mass is 397 g/mol. The highest BCUT2D eigenvalue weighted by atomic mass is 32.2. The Hall–Kier alpha value is -2.13. The fourth-order valence-electron chi connectivity index (χ4n) is 3.17. The van der Waals surface area contributed by atoms with E-state index in [9.17, 15) is 18.0 Å². The zero-order valence-electron chi connectivity index (χ0n) is 15.4. The van der Waals surface area contributed by atoms with Crippen molar-refractivity contribution in [3.05, 3.63) is 35.9 Å². The Kier molecular flexibility index (Phi) is 7.61. The zero-order valence-corrected chi connectivity index (χ0v) is 16.2. The SMILES string of the molecule is CCNS(=O)(=O)C1CCN(C(=O)NC(CCC(=O)O)Cc2ccccc2)C1. The summed E-state index contributed by atoms with van der Waals surface area (Å²) >= 11 is 0. The number of nitrogens with zero attached hydrogens (tertiary/aromatic N) is 1. The summed E-state index contributed by atoms with van der Waals surface area (Å²) in [6, 6.07) is 8.84. The molecule has 0 aliphatic carbocycles. The minimum atomic E-state index is -3.42. The van der Waals surface area contributed by atoms with Gasteiger partial charge in [0, 0.05) is 32.1 Å². The summed E-state index contributed by atoms with van der Waals surface area (Å²) in [5.74, 6) is -0.916. The fraction of sp³-hybridized carbons (Fsp3) is 0.556. The topological polar surface area (TPSA) is 116 Å². The highest BCUT2D eigenvalue weighted by Crippen LogP contribution is 2.17. The molecule has 0 aromatic heterocycles. The molecule has 1 aromatic carbocycles. The van der Waals surface area contributed by atoms with Crippen LogP contribution in [0.3, 0.4) is 0 Å². The van der Waals surface area contributed by atoms with E-state index in [2.05, 4.69) is 10.0 Å². The van der Waals surface area contributed by atoms with E-state index in [0.717, 1.165) is 5.56 Å². The first-order valence-corrected chi connectivity index (χ1v) is 10.7. The molecule has 0 saturated carbocycles. The van der Waals surface area contributed by atoms with Crippen LogP contribution in [-0.2, 0) is 21.2 Å². The van der Waals surface area contributed by atoms with Gasteiger partial charge in [0.05, 0.1) is 5.25 Å². The second kappa shape index (κ2) is 9.70. The number of nitrogens with one attached hydrogen (secondary N) is 2. The lowest BCUT2D eigenvalue weighted by Gasteiger charge is -2.23. The van der Waals surface area contributed by atoms with Gasteiger partial charge in [-0.1, -0.05) is 37.3 Å². The van der Waals surface area contributed by atoms with Gasteiger partial charge in [-0.15, -0.1) is 0 Å². The van der Waals surface area contributed by atoms with E-state index in [1.807, 2.05) is 30.3 Å². The van der Waals surface area contributed by atoms with Gasteiger partial charge in [0.2, 0.25) is 10.0 Å². The summed E-state index contributed by atoms with van der Waals surface area (Å²) in [5, 5.41) is 11.2. The van der Waals surface area contributed by atoms with Crippen LogP contribution in [0, 0.1) is 0 Å². The average molecular weight is 397 g/mol. The number of hydrogen-bond acceptors (Lipinski definition) is 4. The van der Waals surface area contributed by atoms with Crippen LogP contribution in [0.2, 0.25) is 0 Å². The van der Waals surface area contributed by atoms with Crippen LogP contribution in [0.25, 0.3) is 0 Å². The van der Waals surface area contributed by atoms with Crippen molar-refractivity contribution >= 4 is 22.0 Å². The summed E-state index contributed by atoms with van der Waals surface area (Å²) in [6.07, 6.45) is 1.17. The minimum absolute atomic E-state index is 0.0464. The number of aliphatic carboxylic acids is 1. The molecular weight excluding hydrogens is 370 g/mol. The van der Waals surface area contributed by atoms with Gasteiger partial charge < -0.3 is 15.3 Å². The number of carboxylic acids is 1.